The number of halogens is 1. The van der Waals surface area contributed by atoms with Gasteiger partial charge in [-0.1, -0.05) is 46.3 Å². The lowest BCUT2D eigenvalue weighted by atomic mass is 10.0. The fourth-order valence-electron chi connectivity index (χ4n) is 2.07. The Labute approximate surface area is 133 Å². The van der Waals surface area contributed by atoms with Gasteiger partial charge in [-0.05, 0) is 36.8 Å². The van der Waals surface area contributed by atoms with Gasteiger partial charge in [-0.3, -0.25) is 4.79 Å². The summed E-state index contributed by atoms with van der Waals surface area (Å²) in [5.74, 6) is -0.198. The molecule has 0 saturated heterocycles. The smallest absolute Gasteiger partial charge is 0.308 e. The molecule has 2 aromatic carbocycles. The van der Waals surface area contributed by atoms with Gasteiger partial charge in [0.15, 0.2) is 0 Å². The highest BCUT2D eigenvalue weighted by Crippen LogP contribution is 2.24. The Morgan fingerprint density at radius 1 is 1.14 bits per heavy atom. The van der Waals surface area contributed by atoms with Crippen molar-refractivity contribution in [2.75, 3.05) is 11.9 Å². The first-order valence-electron chi connectivity index (χ1n) is 6.91. The van der Waals surface area contributed by atoms with E-state index in [0.29, 0.717) is 13.0 Å². The Morgan fingerprint density at radius 3 is 2.43 bits per heavy atom. The number of benzene rings is 2. The van der Waals surface area contributed by atoms with Crippen LogP contribution in [0.1, 0.15) is 24.9 Å². The Bertz CT molecular complexity index is 569. The van der Waals surface area contributed by atoms with E-state index >= 15 is 0 Å². The van der Waals surface area contributed by atoms with E-state index in [0.717, 1.165) is 15.7 Å². The highest BCUT2D eigenvalue weighted by molar-refractivity contribution is 9.10. The van der Waals surface area contributed by atoms with Crippen molar-refractivity contribution in [3.63, 3.8) is 0 Å². The van der Waals surface area contributed by atoms with Crippen LogP contribution in [0.5, 0.6) is 0 Å². The van der Waals surface area contributed by atoms with Crippen molar-refractivity contribution in [3.8, 4) is 0 Å². The van der Waals surface area contributed by atoms with Gasteiger partial charge in [0.1, 0.15) is 0 Å². The third-order valence-corrected chi connectivity index (χ3v) is 3.59. The van der Waals surface area contributed by atoms with Crippen LogP contribution in [0.15, 0.2) is 59.1 Å². The number of rotatable bonds is 6. The Morgan fingerprint density at radius 2 is 1.81 bits per heavy atom. The number of hydrogen-bond acceptors (Lipinski definition) is 3. The van der Waals surface area contributed by atoms with Crippen LogP contribution in [-0.2, 0) is 9.53 Å². The van der Waals surface area contributed by atoms with E-state index < -0.39 is 0 Å². The maximum atomic E-state index is 11.8. The van der Waals surface area contributed by atoms with Crippen molar-refractivity contribution in [2.45, 2.75) is 19.4 Å². The zero-order chi connectivity index (χ0) is 15.1. The molecule has 3 nitrogen and oxygen atoms in total. The van der Waals surface area contributed by atoms with E-state index in [1.165, 1.54) is 0 Å². The first-order valence-corrected chi connectivity index (χ1v) is 7.71. The minimum absolute atomic E-state index is 0.105. The van der Waals surface area contributed by atoms with E-state index in [4.69, 9.17) is 4.74 Å². The summed E-state index contributed by atoms with van der Waals surface area (Å²) in [5.41, 5.74) is 2.03. The largest absolute Gasteiger partial charge is 0.466 e. The second kappa shape index (κ2) is 7.84. The van der Waals surface area contributed by atoms with Crippen LogP contribution in [0.2, 0.25) is 0 Å². The first-order chi connectivity index (χ1) is 10.2. The molecule has 0 fully saturated rings. The molecule has 0 aliphatic carbocycles. The van der Waals surface area contributed by atoms with E-state index in [9.17, 15) is 4.79 Å². The average Bonchev–Trinajstić information content (AvgIpc) is 2.50. The molecular weight excluding hydrogens is 330 g/mol. The normalized spacial score (nSPS) is 11.7. The van der Waals surface area contributed by atoms with Gasteiger partial charge < -0.3 is 10.1 Å². The highest BCUT2D eigenvalue weighted by Gasteiger charge is 2.16. The zero-order valence-corrected chi connectivity index (χ0v) is 13.5. The number of nitrogens with one attached hydrogen (secondary N) is 1. The van der Waals surface area contributed by atoms with Gasteiger partial charge in [-0.2, -0.15) is 0 Å². The van der Waals surface area contributed by atoms with Crippen molar-refractivity contribution < 1.29 is 9.53 Å². The number of carbonyl (C=O) groups is 1. The molecule has 0 heterocycles. The monoisotopic (exact) mass is 347 g/mol. The molecule has 1 N–H and O–H groups in total. The van der Waals surface area contributed by atoms with Crippen LogP contribution in [0.4, 0.5) is 5.69 Å². The van der Waals surface area contributed by atoms with Gasteiger partial charge >= 0.3 is 5.97 Å². The van der Waals surface area contributed by atoms with Gasteiger partial charge in [-0.25, -0.2) is 0 Å². The maximum Gasteiger partial charge on any atom is 0.308 e. The first kappa shape index (κ1) is 15.6. The van der Waals surface area contributed by atoms with E-state index in [1.807, 2.05) is 61.5 Å². The number of anilines is 1. The molecule has 4 heteroatoms. The molecule has 0 bridgehead atoms. The van der Waals surface area contributed by atoms with Crippen molar-refractivity contribution in [2.24, 2.45) is 0 Å². The van der Waals surface area contributed by atoms with Crippen LogP contribution in [0, 0.1) is 0 Å². The quantitative estimate of drug-likeness (QED) is 0.778. The molecule has 2 aromatic rings. The SMILES string of the molecule is CCOC(=O)CC(Nc1ccc(Br)cc1)c1ccccc1. The van der Waals surface area contributed by atoms with Gasteiger partial charge in [0, 0.05) is 10.2 Å². The number of esters is 1. The predicted octanol–water partition coefficient (Wildman–Crippen LogP) is 4.56. The summed E-state index contributed by atoms with van der Waals surface area (Å²) in [6, 6.07) is 17.7. The lowest BCUT2D eigenvalue weighted by molar-refractivity contribution is -0.143. The fourth-order valence-corrected chi connectivity index (χ4v) is 2.34. The molecule has 0 amide bonds. The number of ether oxygens (including phenoxy) is 1. The van der Waals surface area contributed by atoms with Crippen molar-refractivity contribution in [1.29, 1.82) is 0 Å². The molecule has 0 radical (unpaired) electrons. The van der Waals surface area contributed by atoms with Gasteiger partial charge in [0.25, 0.3) is 0 Å². The molecular formula is C17H18BrNO2. The third-order valence-electron chi connectivity index (χ3n) is 3.06. The molecule has 0 aromatic heterocycles. The third kappa shape index (κ3) is 4.90. The Kier molecular flexibility index (Phi) is 5.81. The molecule has 0 spiro atoms. The molecule has 1 atom stereocenters. The van der Waals surface area contributed by atoms with E-state index in [2.05, 4.69) is 21.2 Å². The molecule has 0 aliphatic rings. The molecule has 2 rings (SSSR count). The summed E-state index contributed by atoms with van der Waals surface area (Å²) in [4.78, 5) is 11.8. The summed E-state index contributed by atoms with van der Waals surface area (Å²) in [6.07, 6.45) is 0.300. The van der Waals surface area contributed by atoms with Crippen LogP contribution in [0.25, 0.3) is 0 Å². The zero-order valence-electron chi connectivity index (χ0n) is 11.9. The number of hydrogen-bond donors (Lipinski definition) is 1. The second-order valence-corrected chi connectivity index (χ2v) is 5.54. The fraction of sp³-hybridized carbons (Fsp3) is 0.235. The van der Waals surface area contributed by atoms with Crippen molar-refractivity contribution in [1.82, 2.24) is 0 Å². The van der Waals surface area contributed by atoms with E-state index in [1.54, 1.807) is 0 Å². The summed E-state index contributed by atoms with van der Waals surface area (Å²) in [7, 11) is 0. The molecule has 1 unspecified atom stereocenters. The summed E-state index contributed by atoms with van der Waals surface area (Å²) in [6.45, 7) is 2.22. The average molecular weight is 348 g/mol. The predicted molar refractivity (Wildman–Crippen MR) is 88.2 cm³/mol. The Hall–Kier alpha value is -1.81. The molecule has 0 saturated carbocycles. The van der Waals surface area contributed by atoms with Crippen LogP contribution in [0.3, 0.4) is 0 Å². The Balaban J connectivity index is 2.15. The molecule has 0 aliphatic heterocycles. The van der Waals surface area contributed by atoms with Crippen LogP contribution in [-0.4, -0.2) is 12.6 Å². The lowest BCUT2D eigenvalue weighted by Gasteiger charge is -2.19. The molecule has 110 valence electrons. The standard InChI is InChI=1S/C17H18BrNO2/c1-2-21-17(20)12-16(13-6-4-3-5-7-13)19-15-10-8-14(18)9-11-15/h3-11,16,19H,2,12H2,1H3. The minimum atomic E-state index is -0.198. The van der Waals surface area contributed by atoms with Gasteiger partial charge in [-0.15, -0.1) is 0 Å². The van der Waals surface area contributed by atoms with Crippen molar-refractivity contribution in [3.05, 3.63) is 64.6 Å². The number of carbonyl (C=O) groups excluding carboxylic acids is 1. The van der Waals surface area contributed by atoms with Crippen molar-refractivity contribution >= 4 is 27.6 Å². The topological polar surface area (TPSA) is 38.3 Å². The van der Waals surface area contributed by atoms with E-state index in [-0.39, 0.29) is 12.0 Å². The highest BCUT2D eigenvalue weighted by atomic mass is 79.9. The maximum absolute atomic E-state index is 11.8. The molecule has 21 heavy (non-hydrogen) atoms. The van der Waals surface area contributed by atoms with Crippen LogP contribution < -0.4 is 5.32 Å². The summed E-state index contributed by atoms with van der Waals surface area (Å²) < 4.78 is 6.09. The second-order valence-electron chi connectivity index (χ2n) is 4.62. The van der Waals surface area contributed by atoms with Crippen LogP contribution >= 0.6 is 15.9 Å². The van der Waals surface area contributed by atoms with Gasteiger partial charge in [0.2, 0.25) is 0 Å². The summed E-state index contributed by atoms with van der Waals surface area (Å²) in [5, 5.41) is 3.39. The van der Waals surface area contributed by atoms with Gasteiger partial charge in [0.05, 0.1) is 19.1 Å². The summed E-state index contributed by atoms with van der Waals surface area (Å²) >= 11 is 3.42. The minimum Gasteiger partial charge on any atom is -0.466 e. The lowest BCUT2D eigenvalue weighted by Crippen LogP contribution is -2.17.